The smallest absolute Gasteiger partial charge is 0.342 e. The number of carbonyl (C=O) groups is 2. The molecule has 0 bridgehead atoms. The maximum absolute atomic E-state index is 12.3. The van der Waals surface area contributed by atoms with E-state index in [4.69, 9.17) is 9.47 Å². The van der Waals surface area contributed by atoms with Gasteiger partial charge in [-0.25, -0.2) is 9.48 Å². The predicted molar refractivity (Wildman–Crippen MR) is 103 cm³/mol. The van der Waals surface area contributed by atoms with Crippen LogP contribution in [0, 0.1) is 0 Å². The van der Waals surface area contributed by atoms with E-state index >= 15 is 0 Å². The highest BCUT2D eigenvalue weighted by Gasteiger charge is 2.21. The fourth-order valence-corrected chi connectivity index (χ4v) is 3.64. The lowest BCUT2D eigenvalue weighted by molar-refractivity contribution is -0.119. The molecule has 144 valence electrons. The van der Waals surface area contributed by atoms with Crippen molar-refractivity contribution in [3.63, 3.8) is 0 Å². The van der Waals surface area contributed by atoms with Crippen molar-refractivity contribution in [3.8, 4) is 5.75 Å². The summed E-state index contributed by atoms with van der Waals surface area (Å²) in [6.45, 7) is -0.373. The Morgan fingerprint density at radius 3 is 2.78 bits per heavy atom. The van der Waals surface area contributed by atoms with Crippen LogP contribution in [0.3, 0.4) is 0 Å². The molecule has 0 atom stereocenters. The van der Waals surface area contributed by atoms with Crippen molar-refractivity contribution >= 4 is 29.5 Å². The van der Waals surface area contributed by atoms with Gasteiger partial charge in [-0.1, -0.05) is 12.8 Å². The van der Waals surface area contributed by atoms with Crippen molar-refractivity contribution in [2.24, 2.45) is 0 Å². The molecule has 27 heavy (non-hydrogen) atoms. The average molecular weight is 389 g/mol. The molecule has 1 amide bonds. The van der Waals surface area contributed by atoms with Crippen LogP contribution in [-0.4, -0.2) is 41.6 Å². The molecule has 8 heteroatoms. The van der Waals surface area contributed by atoms with Crippen molar-refractivity contribution in [1.82, 2.24) is 9.78 Å². The Morgan fingerprint density at radius 1 is 1.30 bits per heavy atom. The van der Waals surface area contributed by atoms with E-state index in [-0.39, 0.29) is 6.61 Å². The first-order valence-corrected chi connectivity index (χ1v) is 10.1. The molecule has 1 fully saturated rings. The summed E-state index contributed by atoms with van der Waals surface area (Å²) in [5, 5.41) is 7.08. The first kappa shape index (κ1) is 19.3. The number of anilines is 1. The number of carbonyl (C=O) groups excluding carboxylic acids is 2. The maximum Gasteiger partial charge on any atom is 0.342 e. The first-order chi connectivity index (χ1) is 13.1. The number of amides is 1. The van der Waals surface area contributed by atoms with Crippen LogP contribution in [0.4, 0.5) is 5.82 Å². The van der Waals surface area contributed by atoms with Crippen LogP contribution < -0.4 is 10.1 Å². The lowest BCUT2D eigenvalue weighted by Gasteiger charge is -2.15. The number of rotatable bonds is 7. The summed E-state index contributed by atoms with van der Waals surface area (Å²) >= 11 is 1.55. The molecule has 0 radical (unpaired) electrons. The summed E-state index contributed by atoms with van der Waals surface area (Å²) < 4.78 is 12.2. The van der Waals surface area contributed by atoms with Crippen molar-refractivity contribution in [1.29, 1.82) is 0 Å². The van der Waals surface area contributed by atoms with E-state index in [1.54, 1.807) is 36.2 Å². The predicted octanol–water partition coefficient (Wildman–Crippen LogP) is 3.52. The number of hydrogen-bond donors (Lipinski definition) is 1. The standard InChI is InChI=1S/C19H23N3O4S/c1-25-16-11-14(27-2)7-8-15(16)19(24)26-12-18(23)21-17-9-10-20-22(17)13-5-3-4-6-13/h7-11,13H,3-6,12H2,1-2H3,(H,21,23). The third-order valence-corrected chi connectivity index (χ3v) is 5.30. The monoisotopic (exact) mass is 389 g/mol. The number of nitrogens with zero attached hydrogens (tertiary/aromatic N) is 2. The highest BCUT2D eigenvalue weighted by molar-refractivity contribution is 7.98. The Kier molecular flexibility index (Phi) is 6.39. The Bertz CT molecular complexity index is 815. The number of benzene rings is 1. The van der Waals surface area contributed by atoms with E-state index in [2.05, 4.69) is 10.4 Å². The fourth-order valence-electron chi connectivity index (χ4n) is 3.21. The molecule has 1 N–H and O–H groups in total. The van der Waals surface area contributed by atoms with Crippen molar-refractivity contribution in [3.05, 3.63) is 36.0 Å². The molecule has 1 aromatic carbocycles. The quantitative estimate of drug-likeness (QED) is 0.576. The van der Waals surface area contributed by atoms with Crippen molar-refractivity contribution in [2.75, 3.05) is 25.3 Å². The van der Waals surface area contributed by atoms with E-state index in [9.17, 15) is 9.59 Å². The van der Waals surface area contributed by atoms with Crippen LogP contribution in [-0.2, 0) is 9.53 Å². The van der Waals surface area contributed by atoms with Gasteiger partial charge in [-0.3, -0.25) is 4.79 Å². The van der Waals surface area contributed by atoms with Gasteiger partial charge in [-0.15, -0.1) is 11.8 Å². The zero-order valence-electron chi connectivity index (χ0n) is 15.4. The minimum atomic E-state index is -0.598. The SMILES string of the molecule is COc1cc(SC)ccc1C(=O)OCC(=O)Nc1ccnn1C1CCCC1. The van der Waals surface area contributed by atoms with Crippen LogP contribution in [0.5, 0.6) is 5.75 Å². The zero-order valence-corrected chi connectivity index (χ0v) is 16.3. The average Bonchev–Trinajstić information content (AvgIpc) is 3.37. The summed E-state index contributed by atoms with van der Waals surface area (Å²) in [5.74, 6) is 0.0539. The van der Waals surface area contributed by atoms with E-state index in [0.717, 1.165) is 17.7 Å². The summed E-state index contributed by atoms with van der Waals surface area (Å²) in [7, 11) is 1.49. The first-order valence-electron chi connectivity index (χ1n) is 8.85. The third kappa shape index (κ3) is 4.63. The van der Waals surface area contributed by atoms with Crippen LogP contribution in [0.25, 0.3) is 0 Å². The van der Waals surface area contributed by atoms with Gasteiger partial charge in [-0.2, -0.15) is 5.10 Å². The number of thioether (sulfide) groups is 1. The summed E-state index contributed by atoms with van der Waals surface area (Å²) in [6, 6.07) is 7.28. The Labute approximate surface area is 162 Å². The number of methoxy groups -OCH3 is 1. The molecular formula is C19H23N3O4S. The summed E-state index contributed by atoms with van der Waals surface area (Å²) in [4.78, 5) is 25.5. The van der Waals surface area contributed by atoms with Gasteiger partial charge in [0.15, 0.2) is 6.61 Å². The van der Waals surface area contributed by atoms with E-state index in [1.165, 1.54) is 20.0 Å². The molecule has 1 aromatic heterocycles. The number of ether oxygens (including phenoxy) is 2. The topological polar surface area (TPSA) is 82.4 Å². The molecule has 0 spiro atoms. The minimum Gasteiger partial charge on any atom is -0.496 e. The molecule has 0 unspecified atom stereocenters. The van der Waals surface area contributed by atoms with E-state index in [1.807, 2.05) is 17.0 Å². The lowest BCUT2D eigenvalue weighted by atomic mass is 10.2. The fraction of sp³-hybridized carbons (Fsp3) is 0.421. The van der Waals surface area contributed by atoms with Gasteiger partial charge in [0.25, 0.3) is 5.91 Å². The van der Waals surface area contributed by atoms with Gasteiger partial charge in [0.1, 0.15) is 17.1 Å². The maximum atomic E-state index is 12.3. The highest BCUT2D eigenvalue weighted by atomic mass is 32.2. The number of nitrogens with one attached hydrogen (secondary N) is 1. The van der Waals surface area contributed by atoms with Gasteiger partial charge in [0, 0.05) is 11.0 Å². The Hall–Kier alpha value is -2.48. The Balaban J connectivity index is 1.58. The second kappa shape index (κ2) is 8.94. The molecule has 0 saturated heterocycles. The second-order valence-electron chi connectivity index (χ2n) is 6.29. The molecule has 1 saturated carbocycles. The molecule has 0 aliphatic heterocycles. The third-order valence-electron chi connectivity index (χ3n) is 4.57. The van der Waals surface area contributed by atoms with E-state index < -0.39 is 11.9 Å². The zero-order chi connectivity index (χ0) is 19.2. The van der Waals surface area contributed by atoms with Crippen LogP contribution in [0.1, 0.15) is 42.1 Å². The van der Waals surface area contributed by atoms with Crippen molar-refractivity contribution in [2.45, 2.75) is 36.6 Å². The minimum absolute atomic E-state index is 0.291. The largest absolute Gasteiger partial charge is 0.496 e. The highest BCUT2D eigenvalue weighted by Crippen LogP contribution is 2.31. The van der Waals surface area contributed by atoms with Crippen molar-refractivity contribution < 1.29 is 19.1 Å². The molecule has 2 aromatic rings. The molecular weight excluding hydrogens is 366 g/mol. The Morgan fingerprint density at radius 2 is 2.07 bits per heavy atom. The number of hydrogen-bond acceptors (Lipinski definition) is 6. The summed E-state index contributed by atoms with van der Waals surface area (Å²) in [5.41, 5.74) is 0.291. The molecule has 3 rings (SSSR count). The molecule has 1 aliphatic rings. The van der Waals surface area contributed by atoms with E-state index in [0.29, 0.717) is 23.2 Å². The van der Waals surface area contributed by atoms with Gasteiger partial charge in [-0.05, 0) is 37.3 Å². The lowest BCUT2D eigenvalue weighted by Crippen LogP contribution is -2.23. The van der Waals surface area contributed by atoms with Crippen LogP contribution in [0.2, 0.25) is 0 Å². The normalized spacial score (nSPS) is 14.1. The van der Waals surface area contributed by atoms with Gasteiger partial charge in [0.05, 0.1) is 19.3 Å². The van der Waals surface area contributed by atoms with Crippen LogP contribution in [0.15, 0.2) is 35.4 Å². The molecule has 1 heterocycles. The van der Waals surface area contributed by atoms with Gasteiger partial charge < -0.3 is 14.8 Å². The number of aromatic nitrogens is 2. The molecule has 7 nitrogen and oxygen atoms in total. The van der Waals surface area contributed by atoms with Gasteiger partial charge >= 0.3 is 5.97 Å². The second-order valence-corrected chi connectivity index (χ2v) is 7.17. The van der Waals surface area contributed by atoms with Crippen LogP contribution >= 0.6 is 11.8 Å². The molecule has 1 aliphatic carbocycles. The summed E-state index contributed by atoms with van der Waals surface area (Å²) in [6.07, 6.45) is 8.07. The number of esters is 1. The van der Waals surface area contributed by atoms with Gasteiger partial charge in [0.2, 0.25) is 0 Å².